The Hall–Kier alpha value is -0.585. The summed E-state index contributed by atoms with van der Waals surface area (Å²) in [4.78, 5) is 14.6. The summed E-state index contributed by atoms with van der Waals surface area (Å²) in [5, 5.41) is 19.0. The first kappa shape index (κ1) is 16.3. The number of nitrogens with two attached hydrogens (primary N) is 1. The van der Waals surface area contributed by atoms with Crippen molar-refractivity contribution in [3.8, 4) is 0 Å². The molecule has 1 heterocycles. The standard InChI is InChI=1S/C16H29BN2O3/c1-11-8-12-4-2-6-16(9-11,10-12)14(18)15(20)19-7-3-5-13(19)17(21)22/h11-14,21-22H,2-10,18H2,1H3. The van der Waals surface area contributed by atoms with Gasteiger partial charge in [-0.05, 0) is 55.8 Å². The Kier molecular flexibility index (Phi) is 4.54. The fourth-order valence-corrected chi connectivity index (χ4v) is 5.48. The lowest BCUT2D eigenvalue weighted by molar-refractivity contribution is -0.138. The summed E-state index contributed by atoms with van der Waals surface area (Å²) < 4.78 is 0. The second-order valence-electron chi connectivity index (χ2n) is 8.00. The van der Waals surface area contributed by atoms with Gasteiger partial charge in [0.05, 0.1) is 12.0 Å². The number of hydrogen-bond donors (Lipinski definition) is 3. The Bertz CT molecular complexity index is 430. The zero-order chi connectivity index (χ0) is 15.9. The van der Waals surface area contributed by atoms with Crippen LogP contribution >= 0.6 is 0 Å². The molecule has 3 fully saturated rings. The smallest absolute Gasteiger partial charge is 0.426 e. The monoisotopic (exact) mass is 308 g/mol. The van der Waals surface area contributed by atoms with Crippen LogP contribution in [0.1, 0.15) is 58.3 Å². The minimum atomic E-state index is -1.46. The average Bonchev–Trinajstić information content (AvgIpc) is 2.94. The summed E-state index contributed by atoms with van der Waals surface area (Å²) in [7, 11) is -1.46. The average molecular weight is 308 g/mol. The second-order valence-corrected chi connectivity index (χ2v) is 8.00. The molecule has 6 heteroatoms. The molecule has 0 aromatic rings. The quantitative estimate of drug-likeness (QED) is 0.677. The largest absolute Gasteiger partial charge is 0.475 e. The highest BCUT2D eigenvalue weighted by molar-refractivity contribution is 6.43. The van der Waals surface area contributed by atoms with Crippen molar-refractivity contribution >= 4 is 13.0 Å². The molecule has 5 nitrogen and oxygen atoms in total. The zero-order valence-corrected chi connectivity index (χ0v) is 13.6. The van der Waals surface area contributed by atoms with Gasteiger partial charge in [-0.15, -0.1) is 0 Å². The first-order valence-electron chi connectivity index (χ1n) is 8.85. The summed E-state index contributed by atoms with van der Waals surface area (Å²) in [6.07, 6.45) is 8.35. The van der Waals surface area contributed by atoms with E-state index in [1.165, 1.54) is 19.3 Å². The predicted molar refractivity (Wildman–Crippen MR) is 85.7 cm³/mol. The molecule has 0 spiro atoms. The maximum atomic E-state index is 12.9. The Labute approximate surface area is 133 Å². The third-order valence-corrected chi connectivity index (χ3v) is 6.33. The number of carbonyl (C=O) groups is 1. The minimum absolute atomic E-state index is 0.0643. The number of likely N-dealkylation sites (tertiary alicyclic amines) is 1. The molecule has 5 atom stereocenters. The van der Waals surface area contributed by atoms with E-state index in [2.05, 4.69) is 6.92 Å². The molecular formula is C16H29BN2O3. The first-order chi connectivity index (χ1) is 10.4. The van der Waals surface area contributed by atoms with Gasteiger partial charge in [0.2, 0.25) is 5.91 Å². The number of rotatable bonds is 3. The molecule has 3 rings (SSSR count). The number of amides is 1. The van der Waals surface area contributed by atoms with E-state index in [1.54, 1.807) is 4.90 Å². The third-order valence-electron chi connectivity index (χ3n) is 6.33. The molecule has 124 valence electrons. The molecule has 1 saturated heterocycles. The molecule has 4 N–H and O–H groups in total. The lowest BCUT2D eigenvalue weighted by atomic mass is 9.56. The lowest BCUT2D eigenvalue weighted by Crippen LogP contribution is -2.59. The predicted octanol–water partition coefficient (Wildman–Crippen LogP) is 0.923. The van der Waals surface area contributed by atoms with Crippen LogP contribution < -0.4 is 5.73 Å². The van der Waals surface area contributed by atoms with E-state index in [1.807, 2.05) is 0 Å². The van der Waals surface area contributed by atoms with Crippen LogP contribution in [0, 0.1) is 17.3 Å². The third kappa shape index (κ3) is 2.81. The molecule has 2 aliphatic carbocycles. The minimum Gasteiger partial charge on any atom is -0.426 e. The van der Waals surface area contributed by atoms with Crippen LogP contribution in [0.5, 0.6) is 0 Å². The van der Waals surface area contributed by atoms with Crippen molar-refractivity contribution in [1.29, 1.82) is 0 Å². The Morgan fingerprint density at radius 3 is 2.82 bits per heavy atom. The SMILES string of the molecule is CC1CC2CCCC(C(N)C(=O)N3CCCC3B(O)O)(C1)C2. The summed E-state index contributed by atoms with van der Waals surface area (Å²) >= 11 is 0. The van der Waals surface area contributed by atoms with E-state index in [-0.39, 0.29) is 11.3 Å². The van der Waals surface area contributed by atoms with Crippen LogP contribution in [-0.4, -0.2) is 46.5 Å². The van der Waals surface area contributed by atoms with Gasteiger partial charge in [-0.1, -0.05) is 19.8 Å². The molecule has 1 aliphatic heterocycles. The van der Waals surface area contributed by atoms with Gasteiger partial charge >= 0.3 is 7.12 Å². The van der Waals surface area contributed by atoms with E-state index >= 15 is 0 Å². The molecule has 0 aromatic carbocycles. The molecular weight excluding hydrogens is 279 g/mol. The van der Waals surface area contributed by atoms with Gasteiger partial charge in [-0.25, -0.2) is 0 Å². The van der Waals surface area contributed by atoms with E-state index in [0.717, 1.165) is 25.7 Å². The molecule has 2 saturated carbocycles. The molecule has 3 aliphatic rings. The van der Waals surface area contributed by atoms with Crippen molar-refractivity contribution in [3.63, 3.8) is 0 Å². The van der Waals surface area contributed by atoms with Gasteiger partial charge in [0.25, 0.3) is 0 Å². The number of fused-ring (bicyclic) bond motifs is 2. The Morgan fingerprint density at radius 2 is 2.09 bits per heavy atom. The Morgan fingerprint density at radius 1 is 1.32 bits per heavy atom. The summed E-state index contributed by atoms with van der Waals surface area (Å²) in [6, 6.07) is -0.489. The van der Waals surface area contributed by atoms with Crippen molar-refractivity contribution in [1.82, 2.24) is 4.90 Å². The highest BCUT2D eigenvalue weighted by Gasteiger charge is 2.50. The number of nitrogens with zero attached hydrogens (tertiary/aromatic N) is 1. The highest BCUT2D eigenvalue weighted by atomic mass is 16.4. The van der Waals surface area contributed by atoms with Gasteiger partial charge in [-0.2, -0.15) is 0 Å². The van der Waals surface area contributed by atoms with Crippen molar-refractivity contribution < 1.29 is 14.8 Å². The van der Waals surface area contributed by atoms with Gasteiger partial charge < -0.3 is 20.7 Å². The van der Waals surface area contributed by atoms with E-state index in [4.69, 9.17) is 5.73 Å². The molecule has 2 bridgehead atoms. The molecule has 0 aromatic heterocycles. The van der Waals surface area contributed by atoms with Gasteiger partial charge in [0.15, 0.2) is 0 Å². The lowest BCUT2D eigenvalue weighted by Gasteiger charge is -2.51. The topological polar surface area (TPSA) is 86.8 Å². The highest BCUT2D eigenvalue weighted by Crippen LogP contribution is 2.52. The van der Waals surface area contributed by atoms with E-state index in [9.17, 15) is 14.8 Å². The summed E-state index contributed by atoms with van der Waals surface area (Å²) in [5.74, 6) is 0.811. The maximum absolute atomic E-state index is 12.9. The summed E-state index contributed by atoms with van der Waals surface area (Å²) in [6.45, 7) is 2.88. The fourth-order valence-electron chi connectivity index (χ4n) is 5.48. The molecule has 0 radical (unpaired) electrons. The van der Waals surface area contributed by atoms with Crippen LogP contribution in [0.3, 0.4) is 0 Å². The van der Waals surface area contributed by atoms with Crippen LogP contribution in [0.15, 0.2) is 0 Å². The van der Waals surface area contributed by atoms with Crippen LogP contribution in [0.4, 0.5) is 0 Å². The molecule has 22 heavy (non-hydrogen) atoms. The fraction of sp³-hybridized carbons (Fsp3) is 0.938. The van der Waals surface area contributed by atoms with Crippen molar-refractivity contribution in [3.05, 3.63) is 0 Å². The first-order valence-corrected chi connectivity index (χ1v) is 8.85. The van der Waals surface area contributed by atoms with Gasteiger partial charge in [-0.3, -0.25) is 4.79 Å². The summed E-state index contributed by atoms with van der Waals surface area (Å²) in [5.41, 5.74) is 6.42. The van der Waals surface area contributed by atoms with Crippen LogP contribution in [0.2, 0.25) is 0 Å². The molecule has 5 unspecified atom stereocenters. The van der Waals surface area contributed by atoms with Crippen molar-refractivity contribution in [2.75, 3.05) is 6.54 Å². The van der Waals surface area contributed by atoms with Gasteiger partial charge in [0, 0.05) is 6.54 Å². The van der Waals surface area contributed by atoms with Crippen molar-refractivity contribution in [2.24, 2.45) is 23.0 Å². The maximum Gasteiger partial charge on any atom is 0.475 e. The van der Waals surface area contributed by atoms with E-state index < -0.39 is 19.1 Å². The zero-order valence-electron chi connectivity index (χ0n) is 13.6. The number of carbonyl (C=O) groups excluding carboxylic acids is 1. The Balaban J connectivity index is 1.77. The second kappa shape index (κ2) is 6.14. The van der Waals surface area contributed by atoms with Crippen LogP contribution in [0.25, 0.3) is 0 Å². The normalized spacial score (nSPS) is 39.6. The van der Waals surface area contributed by atoms with Gasteiger partial charge in [0.1, 0.15) is 0 Å². The van der Waals surface area contributed by atoms with Crippen molar-refractivity contribution in [2.45, 2.75) is 70.3 Å². The van der Waals surface area contributed by atoms with E-state index in [0.29, 0.717) is 24.8 Å². The molecule has 1 amide bonds. The number of hydrogen-bond acceptors (Lipinski definition) is 4. The van der Waals surface area contributed by atoms with Crippen LogP contribution in [-0.2, 0) is 4.79 Å².